The molecule has 1 N–H and O–H groups in total. The van der Waals surface area contributed by atoms with Crippen molar-refractivity contribution in [3.05, 3.63) is 130 Å². The average Bonchev–Trinajstić information content (AvgIpc) is 2.91. The zero-order chi connectivity index (χ0) is 33.1. The maximum absolute atomic E-state index is 12.6. The van der Waals surface area contributed by atoms with Gasteiger partial charge < -0.3 is 9.84 Å². The van der Waals surface area contributed by atoms with Gasteiger partial charge in [0, 0.05) is 13.0 Å². The standard InChI is InChI=1S/C41H56O3/c1-29(18-14-20-31(3)22-24-36-33(5)26-35(42)27-40(36,7)8)16-12-13-17-30(2)19-15-21-32(4)23-25-37-34(6)39(43)38(44-11)28-41(37,9)10/h12-26,35-36,38,42H,27-28H2,1-11H3/b13-12+,18-14+,19-15+,24-22+,25-23+,29-16+,30-17+,31-20+,32-21+/t35-,36+,38+/m1/s1. The van der Waals surface area contributed by atoms with E-state index in [1.54, 1.807) is 7.11 Å². The zero-order valence-corrected chi connectivity index (χ0v) is 29.1. The summed E-state index contributed by atoms with van der Waals surface area (Å²) >= 11 is 0. The van der Waals surface area contributed by atoms with Crippen molar-refractivity contribution in [2.75, 3.05) is 7.11 Å². The monoisotopic (exact) mass is 596 g/mol. The number of methoxy groups -OCH3 is 1. The number of aliphatic hydroxyl groups excluding tert-OH is 1. The second-order valence-corrected chi connectivity index (χ2v) is 13.8. The number of hydrogen-bond donors (Lipinski definition) is 1. The first kappa shape index (κ1) is 36.9. The molecular weight excluding hydrogens is 540 g/mol. The molecule has 3 atom stereocenters. The highest BCUT2D eigenvalue weighted by molar-refractivity contribution is 6.00. The highest BCUT2D eigenvalue weighted by atomic mass is 16.5. The van der Waals surface area contributed by atoms with Gasteiger partial charge in [0.1, 0.15) is 6.10 Å². The van der Waals surface area contributed by atoms with Crippen molar-refractivity contribution in [1.29, 1.82) is 0 Å². The Bertz CT molecular complexity index is 1370. The molecule has 0 heterocycles. The highest BCUT2D eigenvalue weighted by Crippen LogP contribution is 2.42. The molecule has 3 nitrogen and oxygen atoms in total. The molecule has 0 aromatic carbocycles. The molecule has 238 valence electrons. The number of rotatable bonds is 11. The van der Waals surface area contributed by atoms with E-state index in [2.05, 4.69) is 147 Å². The summed E-state index contributed by atoms with van der Waals surface area (Å²) in [5.41, 5.74) is 7.72. The van der Waals surface area contributed by atoms with Crippen molar-refractivity contribution < 1.29 is 14.6 Å². The summed E-state index contributed by atoms with van der Waals surface area (Å²) in [6.07, 6.45) is 32.3. The number of allylic oxidation sites excluding steroid dienone is 20. The molecule has 0 spiro atoms. The van der Waals surface area contributed by atoms with Crippen molar-refractivity contribution in [3.63, 3.8) is 0 Å². The fourth-order valence-corrected chi connectivity index (χ4v) is 6.05. The summed E-state index contributed by atoms with van der Waals surface area (Å²) in [5, 5.41) is 10.1. The lowest BCUT2D eigenvalue weighted by Crippen LogP contribution is -2.37. The van der Waals surface area contributed by atoms with Crippen molar-refractivity contribution >= 4 is 5.78 Å². The molecular formula is C41H56O3. The molecule has 0 radical (unpaired) electrons. The van der Waals surface area contributed by atoms with Crippen LogP contribution in [0.5, 0.6) is 0 Å². The molecule has 44 heavy (non-hydrogen) atoms. The first-order chi connectivity index (χ1) is 20.6. The van der Waals surface area contributed by atoms with Crippen LogP contribution in [-0.2, 0) is 9.53 Å². The number of carbonyl (C=O) groups excluding carboxylic acids is 1. The molecule has 0 unspecified atom stereocenters. The van der Waals surface area contributed by atoms with Crippen LogP contribution in [0.2, 0.25) is 0 Å². The summed E-state index contributed by atoms with van der Waals surface area (Å²) < 4.78 is 5.41. The minimum absolute atomic E-state index is 0.0501. The van der Waals surface area contributed by atoms with E-state index in [1.165, 1.54) is 16.7 Å². The molecule has 0 aromatic heterocycles. The third-order valence-electron chi connectivity index (χ3n) is 8.63. The zero-order valence-electron chi connectivity index (χ0n) is 29.1. The lowest BCUT2D eigenvalue weighted by Gasteiger charge is -2.38. The third-order valence-corrected chi connectivity index (χ3v) is 8.63. The lowest BCUT2D eigenvalue weighted by molar-refractivity contribution is -0.127. The van der Waals surface area contributed by atoms with Gasteiger partial charge in [-0.25, -0.2) is 0 Å². The van der Waals surface area contributed by atoms with Crippen LogP contribution in [0.25, 0.3) is 0 Å². The van der Waals surface area contributed by atoms with E-state index in [4.69, 9.17) is 4.74 Å². The predicted octanol–water partition coefficient (Wildman–Crippen LogP) is 10.2. The minimum atomic E-state index is -0.347. The van der Waals surface area contributed by atoms with Crippen LogP contribution in [0, 0.1) is 16.7 Å². The van der Waals surface area contributed by atoms with Gasteiger partial charge in [0.2, 0.25) is 0 Å². The topological polar surface area (TPSA) is 46.5 Å². The molecule has 2 aliphatic rings. The van der Waals surface area contributed by atoms with Crippen LogP contribution in [0.15, 0.2) is 130 Å². The molecule has 0 amide bonds. The van der Waals surface area contributed by atoms with Crippen LogP contribution >= 0.6 is 0 Å². The molecule has 0 saturated carbocycles. The number of Topliss-reactive ketones (excluding diaryl/α,β-unsaturated/α-hetero) is 1. The Balaban J connectivity index is 1.93. The summed E-state index contributed by atoms with van der Waals surface area (Å²) in [5.74, 6) is 0.431. The van der Waals surface area contributed by atoms with Gasteiger partial charge in [-0.15, -0.1) is 0 Å². The molecule has 0 aliphatic heterocycles. The Morgan fingerprint density at radius 2 is 1.30 bits per heavy atom. The van der Waals surface area contributed by atoms with Gasteiger partial charge in [-0.05, 0) is 76.4 Å². The Hall–Kier alpha value is -3.27. The molecule has 0 bridgehead atoms. The first-order valence-electron chi connectivity index (χ1n) is 15.8. The normalized spacial score (nSPS) is 26.0. The van der Waals surface area contributed by atoms with Gasteiger partial charge in [-0.2, -0.15) is 0 Å². The molecule has 0 fully saturated rings. The first-order valence-corrected chi connectivity index (χ1v) is 15.8. The van der Waals surface area contributed by atoms with Gasteiger partial charge in [0.05, 0.1) is 6.10 Å². The number of ether oxygens (including phenoxy) is 1. The van der Waals surface area contributed by atoms with E-state index in [-0.39, 0.29) is 28.8 Å². The van der Waals surface area contributed by atoms with Crippen molar-refractivity contribution in [2.45, 2.75) is 94.3 Å². The van der Waals surface area contributed by atoms with Gasteiger partial charge in [-0.3, -0.25) is 4.79 Å². The van der Waals surface area contributed by atoms with E-state index < -0.39 is 0 Å². The predicted molar refractivity (Wildman–Crippen MR) is 189 cm³/mol. The Labute approximate surface area is 268 Å². The van der Waals surface area contributed by atoms with Crippen molar-refractivity contribution in [1.82, 2.24) is 0 Å². The van der Waals surface area contributed by atoms with Crippen LogP contribution in [-0.4, -0.2) is 30.2 Å². The van der Waals surface area contributed by atoms with Gasteiger partial charge in [0.25, 0.3) is 0 Å². The van der Waals surface area contributed by atoms with Gasteiger partial charge in [-0.1, -0.05) is 147 Å². The maximum atomic E-state index is 12.6. The van der Waals surface area contributed by atoms with Gasteiger partial charge >= 0.3 is 0 Å². The Morgan fingerprint density at radius 3 is 1.82 bits per heavy atom. The fraction of sp³-hybridized carbons (Fsp3) is 0.439. The molecule has 3 heteroatoms. The van der Waals surface area contributed by atoms with Crippen LogP contribution in [0.1, 0.15) is 82.1 Å². The third kappa shape index (κ3) is 11.3. The number of ketones is 1. The average molecular weight is 597 g/mol. The Kier molecular flexibility index (Phi) is 14.0. The van der Waals surface area contributed by atoms with E-state index >= 15 is 0 Å². The van der Waals surface area contributed by atoms with E-state index in [9.17, 15) is 9.90 Å². The lowest BCUT2D eigenvalue weighted by atomic mass is 9.67. The van der Waals surface area contributed by atoms with Crippen LogP contribution in [0.3, 0.4) is 0 Å². The quantitative estimate of drug-likeness (QED) is 0.191. The van der Waals surface area contributed by atoms with Crippen LogP contribution in [0.4, 0.5) is 0 Å². The summed E-state index contributed by atoms with van der Waals surface area (Å²) in [6.45, 7) is 21.2. The number of carbonyl (C=O) groups is 1. The van der Waals surface area contributed by atoms with Crippen molar-refractivity contribution in [2.24, 2.45) is 16.7 Å². The second kappa shape index (κ2) is 16.7. The summed E-state index contributed by atoms with van der Waals surface area (Å²) in [7, 11) is 1.61. The smallest absolute Gasteiger partial charge is 0.187 e. The van der Waals surface area contributed by atoms with E-state index in [1.807, 2.05) is 13.0 Å². The molecule has 0 saturated heterocycles. The number of hydrogen-bond acceptors (Lipinski definition) is 3. The summed E-state index contributed by atoms with van der Waals surface area (Å²) in [6, 6.07) is 0. The van der Waals surface area contributed by atoms with Gasteiger partial charge in [0.15, 0.2) is 5.78 Å². The van der Waals surface area contributed by atoms with E-state index in [0.29, 0.717) is 12.3 Å². The molecule has 2 rings (SSSR count). The molecule has 2 aliphatic carbocycles. The van der Waals surface area contributed by atoms with Crippen molar-refractivity contribution in [3.8, 4) is 0 Å². The maximum Gasteiger partial charge on any atom is 0.187 e. The Morgan fingerprint density at radius 1 is 0.795 bits per heavy atom. The number of aliphatic hydroxyl groups is 1. The minimum Gasteiger partial charge on any atom is -0.389 e. The van der Waals surface area contributed by atoms with E-state index in [0.717, 1.165) is 28.7 Å². The largest absolute Gasteiger partial charge is 0.389 e. The molecule has 0 aromatic rings. The summed E-state index contributed by atoms with van der Waals surface area (Å²) in [4.78, 5) is 12.6. The fourth-order valence-electron chi connectivity index (χ4n) is 6.05. The highest BCUT2D eigenvalue weighted by Gasteiger charge is 2.38. The van der Waals surface area contributed by atoms with Crippen LogP contribution < -0.4 is 0 Å². The SMILES string of the molecule is CO[C@H]1CC(C)(C)C(/C=C/C(C)=C/C=C/C(C)=C/C=C/C=C(C)/C=C/C=C(C)/C=C/[C@H]2C(C)=C[C@@H](O)CC2(C)C)=C(C)C1=O. The second-order valence-electron chi connectivity index (χ2n) is 13.8.